The van der Waals surface area contributed by atoms with Crippen LogP contribution in [0.25, 0.3) is 33.4 Å². The van der Waals surface area contributed by atoms with Gasteiger partial charge in [0.15, 0.2) is 11.3 Å². The van der Waals surface area contributed by atoms with Gasteiger partial charge < -0.3 is 14.6 Å². The molecule has 0 aromatic heterocycles. The molecule has 1 aliphatic carbocycles. The van der Waals surface area contributed by atoms with Gasteiger partial charge in [0.1, 0.15) is 9.32 Å². The number of phenols is 1. The van der Waals surface area contributed by atoms with E-state index < -0.39 is 5.97 Å². The van der Waals surface area contributed by atoms with Crippen LogP contribution in [-0.2, 0) is 0 Å². The average Bonchev–Trinajstić information content (AvgIpc) is 2.74. The van der Waals surface area contributed by atoms with Crippen molar-refractivity contribution < 1.29 is 19.4 Å². The number of carboxylic acids is 1. The van der Waals surface area contributed by atoms with Crippen molar-refractivity contribution in [3.63, 3.8) is 0 Å². The Morgan fingerprint density at radius 1 is 0.906 bits per heavy atom. The standard InChI is InChI=1S/C20H5Cl3I4O5/c21-7-1-6(20(30)31)11(13(23)12(7)22)10-4-2-8(24)16(28)14(26)18(4)32-19-5(10)3-9(25)17(29)15(19)27/h1-3,28H,(H,30,31). The van der Waals surface area contributed by atoms with Crippen LogP contribution in [0, 0.1) is 14.3 Å². The molecule has 0 amide bonds. The van der Waals surface area contributed by atoms with E-state index in [0.29, 0.717) is 30.8 Å². The van der Waals surface area contributed by atoms with Crippen molar-refractivity contribution in [1.29, 1.82) is 0 Å². The summed E-state index contributed by atoms with van der Waals surface area (Å²) in [6.07, 6.45) is 0. The van der Waals surface area contributed by atoms with Gasteiger partial charge in [0.25, 0.3) is 0 Å². The number of aromatic carboxylic acids is 1. The Labute approximate surface area is 249 Å². The third kappa shape index (κ3) is 4.00. The molecule has 0 atom stereocenters. The minimum absolute atomic E-state index is 0.000132. The SMILES string of the molecule is O=C(O)c1cc(Cl)c(Cl)c(Cl)c1-c1c2cc(I)c(=O)c(I)c-2oc2c(I)c(O)c(I)cc12. The number of aromatic hydroxyl groups is 1. The van der Waals surface area contributed by atoms with Crippen LogP contribution >= 0.6 is 125 Å². The maximum absolute atomic E-state index is 12.6. The molecule has 32 heavy (non-hydrogen) atoms. The molecule has 12 heteroatoms. The first-order valence-corrected chi connectivity index (χ1v) is 13.8. The predicted octanol–water partition coefficient (Wildman–Crippen LogP) is 8.35. The van der Waals surface area contributed by atoms with Gasteiger partial charge in [-0.3, -0.25) is 4.79 Å². The summed E-state index contributed by atoms with van der Waals surface area (Å²) in [5.74, 6) is -1.000. The molecule has 0 radical (unpaired) electrons. The fourth-order valence-corrected chi connectivity index (χ4v) is 7.55. The van der Waals surface area contributed by atoms with Gasteiger partial charge in [-0.15, -0.1) is 0 Å². The van der Waals surface area contributed by atoms with Crippen molar-refractivity contribution >= 4 is 142 Å². The van der Waals surface area contributed by atoms with E-state index in [1.807, 2.05) is 90.4 Å². The maximum Gasteiger partial charge on any atom is 0.336 e. The lowest BCUT2D eigenvalue weighted by atomic mass is 9.90. The smallest absolute Gasteiger partial charge is 0.336 e. The number of halogens is 7. The highest BCUT2D eigenvalue weighted by Gasteiger charge is 2.30. The van der Waals surface area contributed by atoms with Crippen LogP contribution in [0.15, 0.2) is 27.4 Å². The van der Waals surface area contributed by atoms with Gasteiger partial charge >= 0.3 is 5.97 Å². The van der Waals surface area contributed by atoms with E-state index in [1.165, 1.54) is 6.07 Å². The van der Waals surface area contributed by atoms with Crippen molar-refractivity contribution in [2.75, 3.05) is 0 Å². The minimum Gasteiger partial charge on any atom is -0.506 e. The summed E-state index contributed by atoms with van der Waals surface area (Å²) in [6.45, 7) is 0. The molecule has 1 heterocycles. The van der Waals surface area contributed by atoms with Crippen LogP contribution < -0.4 is 5.43 Å². The summed E-state index contributed by atoms with van der Waals surface area (Å²) in [5, 5.41) is 20.9. The second kappa shape index (κ2) is 9.33. The largest absolute Gasteiger partial charge is 0.506 e. The number of carboxylic acid groups (broad SMARTS) is 1. The third-order valence-electron chi connectivity index (χ3n) is 4.67. The molecule has 1 aliphatic heterocycles. The monoisotopic (exact) mass is 938 g/mol. The number of carbonyl (C=O) groups is 1. The molecule has 0 saturated heterocycles. The lowest BCUT2D eigenvalue weighted by molar-refractivity contribution is 0.0697. The van der Waals surface area contributed by atoms with Gasteiger partial charge in [-0.2, -0.15) is 0 Å². The van der Waals surface area contributed by atoms with Crippen LogP contribution in [0.4, 0.5) is 0 Å². The summed E-state index contributed by atoms with van der Waals surface area (Å²) in [7, 11) is 0. The molecular weight excluding hydrogens is 934 g/mol. The molecular formula is C20H5Cl3I4O5. The van der Waals surface area contributed by atoms with E-state index in [9.17, 15) is 19.8 Å². The lowest BCUT2D eigenvalue weighted by Gasteiger charge is -2.21. The molecule has 164 valence electrons. The van der Waals surface area contributed by atoms with E-state index in [-0.39, 0.29) is 48.7 Å². The number of benzene rings is 3. The molecule has 0 spiro atoms. The summed E-state index contributed by atoms with van der Waals surface area (Å²) in [4.78, 5) is 24.8. The van der Waals surface area contributed by atoms with Crippen molar-refractivity contribution in [1.82, 2.24) is 0 Å². The molecule has 2 aliphatic rings. The predicted molar refractivity (Wildman–Crippen MR) is 159 cm³/mol. The zero-order valence-electron chi connectivity index (χ0n) is 15.0. The highest BCUT2D eigenvalue weighted by Crippen LogP contribution is 2.50. The maximum atomic E-state index is 12.6. The Kier molecular flexibility index (Phi) is 7.38. The van der Waals surface area contributed by atoms with Crippen LogP contribution in [0.3, 0.4) is 0 Å². The summed E-state index contributed by atoms with van der Waals surface area (Å²) in [6, 6.07) is 4.53. The highest BCUT2D eigenvalue weighted by atomic mass is 127. The molecule has 0 saturated carbocycles. The molecule has 2 N–H and O–H groups in total. The quantitative estimate of drug-likeness (QED) is 0.120. The molecule has 0 fully saturated rings. The van der Waals surface area contributed by atoms with E-state index in [1.54, 1.807) is 12.1 Å². The number of phenolic OH excluding ortho intramolecular Hbond substituents is 1. The second-order valence-electron chi connectivity index (χ2n) is 6.47. The van der Waals surface area contributed by atoms with Crippen LogP contribution in [0.1, 0.15) is 10.4 Å². The number of fused-ring (bicyclic) bond motifs is 2. The normalized spacial score (nSPS) is 11.5. The Morgan fingerprint density at radius 2 is 1.56 bits per heavy atom. The fraction of sp³-hybridized carbons (Fsp3) is 0. The first-order valence-electron chi connectivity index (χ1n) is 8.32. The molecule has 5 nitrogen and oxygen atoms in total. The zero-order valence-corrected chi connectivity index (χ0v) is 25.9. The highest BCUT2D eigenvalue weighted by molar-refractivity contribution is 14.1. The van der Waals surface area contributed by atoms with Crippen LogP contribution in [0.2, 0.25) is 15.1 Å². The average molecular weight is 939 g/mol. The van der Waals surface area contributed by atoms with Crippen molar-refractivity contribution in [3.8, 4) is 28.2 Å². The lowest BCUT2D eigenvalue weighted by Crippen LogP contribution is -2.12. The van der Waals surface area contributed by atoms with Gasteiger partial charge in [0.2, 0.25) is 5.43 Å². The van der Waals surface area contributed by atoms with Gasteiger partial charge in [0.05, 0.1) is 31.3 Å². The van der Waals surface area contributed by atoms with E-state index in [2.05, 4.69) is 0 Å². The Morgan fingerprint density at radius 3 is 2.19 bits per heavy atom. The fourth-order valence-electron chi connectivity index (χ4n) is 3.27. The molecule has 2 aromatic carbocycles. The second-order valence-corrected chi connectivity index (χ2v) is 12.1. The number of rotatable bonds is 2. The van der Waals surface area contributed by atoms with Crippen molar-refractivity contribution in [3.05, 3.63) is 63.3 Å². The van der Waals surface area contributed by atoms with Crippen LogP contribution in [-0.4, -0.2) is 16.2 Å². The first-order chi connectivity index (χ1) is 15.0. The third-order valence-corrected chi connectivity index (χ3v) is 9.53. The minimum atomic E-state index is -1.25. The number of hydrogen-bond acceptors (Lipinski definition) is 4. The van der Waals surface area contributed by atoms with E-state index in [0.717, 1.165) is 0 Å². The summed E-state index contributed by atoms with van der Waals surface area (Å²) in [5.41, 5.74) is 0.925. The van der Waals surface area contributed by atoms with Crippen LogP contribution in [0.5, 0.6) is 5.75 Å². The van der Waals surface area contributed by atoms with Gasteiger partial charge in [-0.1, -0.05) is 34.8 Å². The Hall–Kier alpha value is 0.190. The Balaban J connectivity index is 2.40. The first kappa shape index (κ1) is 25.3. The number of hydrogen-bond donors (Lipinski definition) is 2. The molecule has 4 rings (SSSR count). The van der Waals surface area contributed by atoms with Crippen molar-refractivity contribution in [2.45, 2.75) is 0 Å². The summed E-state index contributed by atoms with van der Waals surface area (Å²) >= 11 is 26.7. The van der Waals surface area contributed by atoms with Crippen molar-refractivity contribution in [2.24, 2.45) is 0 Å². The van der Waals surface area contributed by atoms with Gasteiger partial charge in [-0.05, 0) is 109 Å². The summed E-state index contributed by atoms with van der Waals surface area (Å²) < 4.78 is 7.77. The molecule has 0 bridgehead atoms. The Bertz CT molecular complexity index is 1520. The van der Waals surface area contributed by atoms with E-state index in [4.69, 9.17) is 39.2 Å². The van der Waals surface area contributed by atoms with E-state index >= 15 is 0 Å². The molecule has 0 unspecified atom stereocenters. The topological polar surface area (TPSA) is 87.7 Å². The molecule has 2 aromatic rings. The zero-order chi connectivity index (χ0) is 23.6. The van der Waals surface area contributed by atoms with Gasteiger partial charge in [0, 0.05) is 22.1 Å². The van der Waals surface area contributed by atoms with Gasteiger partial charge in [-0.25, -0.2) is 4.79 Å².